The number of anilines is 2. The van der Waals surface area contributed by atoms with E-state index in [-0.39, 0.29) is 22.6 Å². The molecule has 31 heavy (non-hydrogen) atoms. The summed E-state index contributed by atoms with van der Waals surface area (Å²) in [4.78, 5) is 31.1. The minimum absolute atomic E-state index is 0.0349. The highest BCUT2D eigenvalue weighted by molar-refractivity contribution is 9.10. The van der Waals surface area contributed by atoms with Gasteiger partial charge in [0.25, 0.3) is 5.91 Å². The molecular weight excluding hydrogens is 490 g/mol. The van der Waals surface area contributed by atoms with Crippen LogP contribution in [-0.4, -0.2) is 40.7 Å². The molecule has 1 aliphatic heterocycles. The lowest BCUT2D eigenvalue weighted by Crippen LogP contribution is -2.31. The molecule has 2 heterocycles. The number of nitrogens with two attached hydrogens (primary N) is 1. The molecule has 1 atom stereocenters. The lowest BCUT2D eigenvalue weighted by molar-refractivity contribution is 0.0791. The maximum Gasteiger partial charge on any atom is 0.253 e. The average Bonchev–Trinajstić information content (AvgIpc) is 3.34. The Labute approximate surface area is 189 Å². The van der Waals surface area contributed by atoms with Crippen LogP contribution in [0.2, 0.25) is 0 Å². The van der Waals surface area contributed by atoms with Gasteiger partial charge >= 0.3 is 0 Å². The third-order valence-corrected chi connectivity index (χ3v) is 6.47. The molecule has 0 aliphatic carbocycles. The van der Waals surface area contributed by atoms with Gasteiger partial charge in [-0.05, 0) is 42.8 Å². The first-order valence-corrected chi connectivity index (χ1v) is 11.0. The minimum Gasteiger partial charge on any atom is -0.382 e. The van der Waals surface area contributed by atoms with E-state index in [1.807, 2.05) is 12.1 Å². The number of ketones is 1. The number of nitrogens with one attached hydrogen (secondary N) is 1. The summed E-state index contributed by atoms with van der Waals surface area (Å²) < 4.78 is 28.8. The third-order valence-electron chi connectivity index (χ3n) is 4.94. The highest BCUT2D eigenvalue weighted by atomic mass is 79.9. The number of carbonyl (C=O) groups is 2. The standard InChI is InChI=1S/C21H17BrF2N4O2S/c22-12-6-4-11(5-7-12)20(30)28-9-8-13(10-28)26-21-27-19(25)18(31-21)17(29)16-14(23)2-1-3-15(16)24/h1-7,13H,8-10,25H2,(H,26,27). The van der Waals surface area contributed by atoms with Gasteiger partial charge in [-0.3, -0.25) is 9.59 Å². The first-order valence-electron chi connectivity index (χ1n) is 9.40. The highest BCUT2D eigenvalue weighted by Crippen LogP contribution is 2.30. The van der Waals surface area contributed by atoms with Gasteiger partial charge in [0, 0.05) is 29.2 Å². The molecule has 1 aliphatic rings. The largest absolute Gasteiger partial charge is 0.382 e. The number of benzene rings is 2. The van der Waals surface area contributed by atoms with Crippen molar-refractivity contribution in [2.45, 2.75) is 12.5 Å². The second-order valence-corrected chi connectivity index (χ2v) is 8.96. The van der Waals surface area contributed by atoms with Crippen molar-refractivity contribution in [3.8, 4) is 0 Å². The summed E-state index contributed by atoms with van der Waals surface area (Å²) in [7, 11) is 0. The quantitative estimate of drug-likeness (QED) is 0.503. The van der Waals surface area contributed by atoms with Crippen molar-refractivity contribution in [2.24, 2.45) is 0 Å². The van der Waals surface area contributed by atoms with E-state index >= 15 is 0 Å². The molecule has 0 bridgehead atoms. The van der Waals surface area contributed by atoms with Crippen LogP contribution in [-0.2, 0) is 0 Å². The molecule has 2 aromatic carbocycles. The van der Waals surface area contributed by atoms with Crippen molar-refractivity contribution >= 4 is 49.9 Å². The van der Waals surface area contributed by atoms with Gasteiger partial charge < -0.3 is 16.0 Å². The van der Waals surface area contributed by atoms with E-state index in [4.69, 9.17) is 5.73 Å². The lowest BCUT2D eigenvalue weighted by atomic mass is 10.1. The summed E-state index contributed by atoms with van der Waals surface area (Å²) >= 11 is 4.28. The number of likely N-dealkylation sites (tertiary alicyclic amines) is 1. The van der Waals surface area contributed by atoms with Gasteiger partial charge in [-0.2, -0.15) is 0 Å². The number of aromatic nitrogens is 1. The molecular formula is C21H17BrF2N4O2S. The lowest BCUT2D eigenvalue weighted by Gasteiger charge is -2.17. The smallest absolute Gasteiger partial charge is 0.253 e. The summed E-state index contributed by atoms with van der Waals surface area (Å²) in [6, 6.07) is 10.3. The number of halogens is 3. The summed E-state index contributed by atoms with van der Waals surface area (Å²) in [5, 5.41) is 3.53. The van der Waals surface area contributed by atoms with Gasteiger partial charge in [0.15, 0.2) is 5.13 Å². The SMILES string of the molecule is Nc1nc(NC2CCN(C(=O)c3ccc(Br)cc3)C2)sc1C(=O)c1c(F)cccc1F. The van der Waals surface area contributed by atoms with Gasteiger partial charge in [-0.15, -0.1) is 0 Å². The fourth-order valence-corrected chi connectivity index (χ4v) is 4.57. The number of nitrogen functional groups attached to an aromatic ring is 1. The van der Waals surface area contributed by atoms with Crippen LogP contribution >= 0.6 is 27.3 Å². The zero-order valence-electron chi connectivity index (χ0n) is 16.1. The summed E-state index contributed by atoms with van der Waals surface area (Å²) in [5.41, 5.74) is 5.79. The molecule has 1 amide bonds. The Hall–Kier alpha value is -2.85. The maximum atomic E-state index is 14.0. The minimum atomic E-state index is -0.954. The normalized spacial score (nSPS) is 15.8. The summed E-state index contributed by atoms with van der Waals surface area (Å²) in [6.07, 6.45) is 0.687. The van der Waals surface area contributed by atoms with Gasteiger partial charge in [-0.1, -0.05) is 33.3 Å². The molecule has 160 valence electrons. The summed E-state index contributed by atoms with van der Waals surface area (Å²) in [6.45, 7) is 1.03. The second kappa shape index (κ2) is 8.72. The van der Waals surface area contributed by atoms with Gasteiger partial charge in [-0.25, -0.2) is 13.8 Å². The monoisotopic (exact) mass is 506 g/mol. The van der Waals surface area contributed by atoms with E-state index in [9.17, 15) is 18.4 Å². The Morgan fingerprint density at radius 1 is 1.16 bits per heavy atom. The first-order chi connectivity index (χ1) is 14.8. The predicted octanol–water partition coefficient (Wildman–Crippen LogP) is 4.32. The molecule has 6 nitrogen and oxygen atoms in total. The molecule has 3 aromatic rings. The average molecular weight is 507 g/mol. The molecule has 1 aromatic heterocycles. The number of amides is 1. The molecule has 3 N–H and O–H groups in total. The van der Waals surface area contributed by atoms with Crippen LogP contribution in [0.4, 0.5) is 19.7 Å². The van der Waals surface area contributed by atoms with E-state index in [1.54, 1.807) is 17.0 Å². The van der Waals surface area contributed by atoms with Crippen molar-refractivity contribution < 1.29 is 18.4 Å². The highest BCUT2D eigenvalue weighted by Gasteiger charge is 2.29. The molecule has 1 saturated heterocycles. The Kier molecular flexibility index (Phi) is 6.01. The van der Waals surface area contributed by atoms with Crippen LogP contribution in [0.5, 0.6) is 0 Å². The Morgan fingerprint density at radius 3 is 2.52 bits per heavy atom. The van der Waals surface area contributed by atoms with Gasteiger partial charge in [0.05, 0.1) is 5.56 Å². The van der Waals surface area contributed by atoms with Crippen LogP contribution in [0.1, 0.15) is 32.0 Å². The molecule has 0 spiro atoms. The molecule has 1 fully saturated rings. The number of thiazole rings is 1. The van der Waals surface area contributed by atoms with Crippen molar-refractivity contribution in [3.05, 3.63) is 74.6 Å². The summed E-state index contributed by atoms with van der Waals surface area (Å²) in [5.74, 6) is -2.92. The van der Waals surface area contributed by atoms with Crippen LogP contribution in [0.3, 0.4) is 0 Å². The first kappa shape index (κ1) is 21.4. The molecule has 0 saturated carbocycles. The van der Waals surface area contributed by atoms with Crippen molar-refractivity contribution in [1.82, 2.24) is 9.88 Å². The van der Waals surface area contributed by atoms with Crippen LogP contribution < -0.4 is 11.1 Å². The Bertz CT molecular complexity index is 1130. The van der Waals surface area contributed by atoms with E-state index in [0.717, 1.165) is 27.9 Å². The number of hydrogen-bond donors (Lipinski definition) is 2. The van der Waals surface area contributed by atoms with Gasteiger partial charge in [0.1, 0.15) is 22.3 Å². The Morgan fingerprint density at radius 2 is 1.84 bits per heavy atom. The maximum absolute atomic E-state index is 14.0. The topological polar surface area (TPSA) is 88.3 Å². The van der Waals surface area contributed by atoms with Crippen LogP contribution in [0.15, 0.2) is 46.9 Å². The fourth-order valence-electron chi connectivity index (χ4n) is 3.40. The predicted molar refractivity (Wildman–Crippen MR) is 118 cm³/mol. The second-order valence-electron chi connectivity index (χ2n) is 7.05. The number of rotatable bonds is 5. The van der Waals surface area contributed by atoms with E-state index in [1.165, 1.54) is 6.07 Å². The van der Waals surface area contributed by atoms with Crippen molar-refractivity contribution in [3.63, 3.8) is 0 Å². The van der Waals surface area contributed by atoms with E-state index < -0.39 is 23.0 Å². The molecule has 4 rings (SSSR count). The van der Waals surface area contributed by atoms with E-state index in [0.29, 0.717) is 30.2 Å². The number of hydrogen-bond acceptors (Lipinski definition) is 6. The van der Waals surface area contributed by atoms with Crippen molar-refractivity contribution in [1.29, 1.82) is 0 Å². The number of nitrogens with zero attached hydrogens (tertiary/aromatic N) is 2. The van der Waals surface area contributed by atoms with Crippen LogP contribution in [0.25, 0.3) is 0 Å². The Balaban J connectivity index is 1.45. The molecule has 1 unspecified atom stereocenters. The number of carbonyl (C=O) groups excluding carboxylic acids is 2. The zero-order valence-corrected chi connectivity index (χ0v) is 18.5. The third kappa shape index (κ3) is 4.45. The molecule has 0 radical (unpaired) electrons. The molecule has 10 heteroatoms. The fraction of sp³-hybridized carbons (Fsp3) is 0.190. The van der Waals surface area contributed by atoms with Crippen molar-refractivity contribution in [2.75, 3.05) is 24.1 Å². The van der Waals surface area contributed by atoms with Crippen LogP contribution in [0, 0.1) is 11.6 Å². The van der Waals surface area contributed by atoms with Gasteiger partial charge in [0.2, 0.25) is 5.78 Å². The van der Waals surface area contributed by atoms with E-state index in [2.05, 4.69) is 26.2 Å². The zero-order chi connectivity index (χ0) is 22.1.